The van der Waals surface area contributed by atoms with Gasteiger partial charge in [-0.25, -0.2) is 9.07 Å². The van der Waals surface area contributed by atoms with Crippen LogP contribution in [0.5, 0.6) is 5.75 Å². The number of nitrogens with zero attached hydrogens (tertiary/aromatic N) is 2. The zero-order chi connectivity index (χ0) is 15.6. The van der Waals surface area contributed by atoms with Crippen LogP contribution in [0.3, 0.4) is 0 Å². The van der Waals surface area contributed by atoms with Crippen LogP contribution in [0.4, 0.5) is 21.6 Å². The molecule has 0 radical (unpaired) electrons. The summed E-state index contributed by atoms with van der Waals surface area (Å²) in [5.74, 6) is 0.503. The number of benzene rings is 1. The van der Waals surface area contributed by atoms with Crippen molar-refractivity contribution in [3.63, 3.8) is 0 Å². The van der Waals surface area contributed by atoms with Gasteiger partial charge in [0.05, 0.1) is 18.0 Å². The number of nitrogens with one attached hydrogen (secondary N) is 1. The Morgan fingerprint density at radius 2 is 2.14 bits per heavy atom. The third-order valence-corrected chi connectivity index (χ3v) is 3.12. The molecule has 0 aliphatic carbocycles. The van der Waals surface area contributed by atoms with Gasteiger partial charge in [-0.1, -0.05) is 0 Å². The second kappa shape index (κ2) is 6.03. The molecule has 1 heterocycles. The summed E-state index contributed by atoms with van der Waals surface area (Å²) in [5.41, 5.74) is 7.96. The highest BCUT2D eigenvalue weighted by atomic mass is 19.1. The maximum Gasteiger partial charge on any atom is 0.167 e. The Bertz CT molecular complexity index is 637. The number of nitrogen functional groups attached to an aromatic ring is 1. The quantitative estimate of drug-likeness (QED) is 0.883. The summed E-state index contributed by atoms with van der Waals surface area (Å²) in [5, 5.41) is 7.52. The number of rotatable bonds is 5. The maximum atomic E-state index is 13.9. The fraction of sp³-hybridized carbons (Fsp3) is 0.400. The van der Waals surface area contributed by atoms with Crippen LogP contribution in [-0.2, 0) is 0 Å². The molecule has 0 bridgehead atoms. The zero-order valence-electron chi connectivity index (χ0n) is 12.8. The van der Waals surface area contributed by atoms with E-state index in [-0.39, 0.29) is 11.8 Å². The molecule has 0 atom stereocenters. The molecule has 0 saturated heterocycles. The molecule has 2 rings (SSSR count). The number of anilines is 3. The molecular formula is C15H21FN4O. The summed E-state index contributed by atoms with van der Waals surface area (Å²) in [6.45, 7) is 8.11. The summed E-state index contributed by atoms with van der Waals surface area (Å²) in [7, 11) is 0. The standard InChI is InChI=1S/C15H21FN4O/c1-5-21-13-7-6-11(8-12(13)16)18-15-14(17)10(4)19-20(15)9(2)3/h6-9,18H,5,17H2,1-4H3. The Labute approximate surface area is 123 Å². The van der Waals surface area contributed by atoms with Crippen LogP contribution >= 0.6 is 0 Å². The van der Waals surface area contributed by atoms with Crippen molar-refractivity contribution in [3.8, 4) is 5.75 Å². The molecule has 0 aliphatic heterocycles. The van der Waals surface area contributed by atoms with Crippen LogP contribution in [0.15, 0.2) is 18.2 Å². The molecule has 21 heavy (non-hydrogen) atoms. The van der Waals surface area contributed by atoms with Gasteiger partial charge in [0.1, 0.15) is 0 Å². The average molecular weight is 292 g/mol. The SMILES string of the molecule is CCOc1ccc(Nc2c(N)c(C)nn2C(C)C)cc1F. The first kappa shape index (κ1) is 15.2. The summed E-state index contributed by atoms with van der Waals surface area (Å²) < 4.78 is 20.9. The maximum absolute atomic E-state index is 13.9. The Hall–Kier alpha value is -2.24. The van der Waals surface area contributed by atoms with Gasteiger partial charge in [-0.3, -0.25) is 0 Å². The predicted molar refractivity (Wildman–Crippen MR) is 82.6 cm³/mol. The number of nitrogens with two attached hydrogens (primary N) is 1. The van der Waals surface area contributed by atoms with E-state index in [1.54, 1.807) is 16.8 Å². The van der Waals surface area contributed by atoms with Crippen molar-refractivity contribution < 1.29 is 9.13 Å². The molecule has 1 aromatic heterocycles. The molecule has 0 saturated carbocycles. The second-order valence-corrected chi connectivity index (χ2v) is 5.09. The van der Waals surface area contributed by atoms with Gasteiger partial charge >= 0.3 is 0 Å². The van der Waals surface area contributed by atoms with Crippen molar-refractivity contribution >= 4 is 17.2 Å². The normalized spacial score (nSPS) is 11.0. The van der Waals surface area contributed by atoms with Gasteiger partial charge in [0.25, 0.3) is 0 Å². The van der Waals surface area contributed by atoms with Gasteiger partial charge < -0.3 is 15.8 Å². The number of ether oxygens (including phenoxy) is 1. The lowest BCUT2D eigenvalue weighted by Crippen LogP contribution is -2.08. The van der Waals surface area contributed by atoms with Crippen LogP contribution in [-0.4, -0.2) is 16.4 Å². The number of hydrogen-bond acceptors (Lipinski definition) is 4. The van der Waals surface area contributed by atoms with E-state index in [0.29, 0.717) is 23.8 Å². The summed E-state index contributed by atoms with van der Waals surface area (Å²) >= 11 is 0. The van der Waals surface area contributed by atoms with Gasteiger partial charge in [0.15, 0.2) is 17.4 Å². The smallest absolute Gasteiger partial charge is 0.167 e. The van der Waals surface area contributed by atoms with E-state index in [9.17, 15) is 4.39 Å². The van der Waals surface area contributed by atoms with E-state index in [1.165, 1.54) is 6.07 Å². The van der Waals surface area contributed by atoms with Crippen molar-refractivity contribution in [2.75, 3.05) is 17.7 Å². The lowest BCUT2D eigenvalue weighted by molar-refractivity contribution is 0.321. The highest BCUT2D eigenvalue weighted by Gasteiger charge is 2.15. The third kappa shape index (κ3) is 3.09. The first-order valence-electron chi connectivity index (χ1n) is 6.98. The molecule has 6 heteroatoms. The first-order valence-corrected chi connectivity index (χ1v) is 6.98. The van der Waals surface area contributed by atoms with E-state index in [0.717, 1.165) is 5.69 Å². The van der Waals surface area contributed by atoms with Gasteiger partial charge in [0, 0.05) is 17.8 Å². The second-order valence-electron chi connectivity index (χ2n) is 5.09. The van der Waals surface area contributed by atoms with Crippen LogP contribution < -0.4 is 15.8 Å². The van der Waals surface area contributed by atoms with Gasteiger partial charge in [-0.05, 0) is 39.8 Å². The fourth-order valence-corrected chi connectivity index (χ4v) is 2.05. The summed E-state index contributed by atoms with van der Waals surface area (Å²) in [6.07, 6.45) is 0. The Balaban J connectivity index is 2.32. The number of halogens is 1. The number of aryl methyl sites for hydroxylation is 1. The van der Waals surface area contributed by atoms with E-state index < -0.39 is 5.82 Å². The number of hydrogen-bond donors (Lipinski definition) is 2. The van der Waals surface area contributed by atoms with E-state index in [2.05, 4.69) is 10.4 Å². The highest BCUT2D eigenvalue weighted by molar-refractivity contribution is 5.71. The minimum absolute atomic E-state index is 0.149. The lowest BCUT2D eigenvalue weighted by Gasteiger charge is -2.14. The lowest BCUT2D eigenvalue weighted by atomic mass is 10.2. The van der Waals surface area contributed by atoms with Crippen molar-refractivity contribution in [1.29, 1.82) is 0 Å². The highest BCUT2D eigenvalue weighted by Crippen LogP contribution is 2.30. The van der Waals surface area contributed by atoms with Gasteiger partial charge in [0.2, 0.25) is 0 Å². The minimum atomic E-state index is -0.409. The molecule has 0 unspecified atom stereocenters. The first-order chi connectivity index (χ1) is 9.93. The summed E-state index contributed by atoms with van der Waals surface area (Å²) in [6, 6.07) is 4.88. The van der Waals surface area contributed by atoms with E-state index >= 15 is 0 Å². The van der Waals surface area contributed by atoms with E-state index in [1.807, 2.05) is 27.7 Å². The Morgan fingerprint density at radius 3 is 2.71 bits per heavy atom. The van der Waals surface area contributed by atoms with Crippen molar-refractivity contribution in [1.82, 2.24) is 9.78 Å². The molecule has 114 valence electrons. The van der Waals surface area contributed by atoms with Crippen LogP contribution in [0.2, 0.25) is 0 Å². The molecular weight excluding hydrogens is 271 g/mol. The average Bonchev–Trinajstić information content (AvgIpc) is 2.70. The predicted octanol–water partition coefficient (Wildman–Crippen LogP) is 3.64. The third-order valence-electron chi connectivity index (χ3n) is 3.12. The molecule has 0 aliphatic rings. The molecule has 0 spiro atoms. The van der Waals surface area contributed by atoms with Gasteiger partial charge in [-0.2, -0.15) is 5.10 Å². The van der Waals surface area contributed by atoms with Crippen molar-refractivity contribution in [2.24, 2.45) is 0 Å². The number of aromatic nitrogens is 2. The van der Waals surface area contributed by atoms with Crippen molar-refractivity contribution in [2.45, 2.75) is 33.7 Å². The molecule has 3 N–H and O–H groups in total. The molecule has 2 aromatic rings. The minimum Gasteiger partial charge on any atom is -0.491 e. The molecule has 0 fully saturated rings. The van der Waals surface area contributed by atoms with E-state index in [4.69, 9.17) is 10.5 Å². The van der Waals surface area contributed by atoms with Gasteiger partial charge in [-0.15, -0.1) is 0 Å². The topological polar surface area (TPSA) is 65.1 Å². The Morgan fingerprint density at radius 1 is 1.43 bits per heavy atom. The monoisotopic (exact) mass is 292 g/mol. The van der Waals surface area contributed by atoms with Crippen LogP contribution in [0, 0.1) is 12.7 Å². The van der Waals surface area contributed by atoms with Crippen LogP contribution in [0.1, 0.15) is 32.5 Å². The summed E-state index contributed by atoms with van der Waals surface area (Å²) in [4.78, 5) is 0. The fourth-order valence-electron chi connectivity index (χ4n) is 2.05. The largest absolute Gasteiger partial charge is 0.491 e. The zero-order valence-corrected chi connectivity index (χ0v) is 12.8. The van der Waals surface area contributed by atoms with Crippen LogP contribution in [0.25, 0.3) is 0 Å². The molecule has 1 aromatic carbocycles. The molecule has 5 nitrogen and oxygen atoms in total. The Kier molecular flexibility index (Phi) is 4.35. The van der Waals surface area contributed by atoms with Crippen molar-refractivity contribution in [3.05, 3.63) is 29.7 Å². The molecule has 0 amide bonds.